The van der Waals surface area contributed by atoms with E-state index in [1.165, 1.54) is 0 Å². The smallest absolute Gasteiger partial charge is 0.288 e. The summed E-state index contributed by atoms with van der Waals surface area (Å²) in [6.45, 7) is 4.63. The number of nitrogens with one attached hydrogen (secondary N) is 2. The molecule has 1 heterocycles. The summed E-state index contributed by atoms with van der Waals surface area (Å²) in [5.41, 5.74) is 5.24. The van der Waals surface area contributed by atoms with Crippen LogP contribution in [0.25, 0.3) is 0 Å². The molecule has 0 aliphatic heterocycles. The summed E-state index contributed by atoms with van der Waals surface area (Å²) in [7, 11) is 0. The number of aromatic nitrogens is 3. The Morgan fingerprint density at radius 2 is 2.38 bits per heavy atom. The molecule has 0 saturated carbocycles. The third-order valence-electron chi connectivity index (χ3n) is 1.39. The summed E-state index contributed by atoms with van der Waals surface area (Å²) in [5, 5.41) is 8.66. The fourth-order valence-corrected chi connectivity index (χ4v) is 0.757. The third kappa shape index (κ3) is 2.73. The number of hydrogen-bond donors (Lipinski definition) is 3. The van der Waals surface area contributed by atoms with Crippen LogP contribution in [0.15, 0.2) is 0 Å². The van der Waals surface area contributed by atoms with Gasteiger partial charge in [-0.3, -0.25) is 9.89 Å². The van der Waals surface area contributed by atoms with Gasteiger partial charge in [0.2, 0.25) is 11.8 Å². The van der Waals surface area contributed by atoms with Crippen LogP contribution >= 0.6 is 0 Å². The lowest BCUT2D eigenvalue weighted by Gasteiger charge is -2.04. The van der Waals surface area contributed by atoms with Gasteiger partial charge in [-0.25, -0.2) is 0 Å². The van der Waals surface area contributed by atoms with E-state index < -0.39 is 0 Å². The van der Waals surface area contributed by atoms with E-state index in [4.69, 9.17) is 5.73 Å². The molecule has 6 nitrogen and oxygen atoms in total. The molecule has 0 unspecified atom stereocenters. The van der Waals surface area contributed by atoms with E-state index in [1.807, 2.05) is 13.8 Å². The van der Waals surface area contributed by atoms with Gasteiger partial charge in [0.15, 0.2) is 0 Å². The molecule has 0 radical (unpaired) electrons. The van der Waals surface area contributed by atoms with Gasteiger partial charge >= 0.3 is 0 Å². The second kappa shape index (κ2) is 3.88. The van der Waals surface area contributed by atoms with Crippen LogP contribution in [-0.2, 0) is 0 Å². The first-order valence-corrected chi connectivity index (χ1v) is 4.05. The highest BCUT2D eigenvalue weighted by atomic mass is 16.2. The van der Waals surface area contributed by atoms with Crippen LogP contribution in [0.1, 0.15) is 24.5 Å². The molecule has 0 aliphatic carbocycles. The van der Waals surface area contributed by atoms with E-state index in [-0.39, 0.29) is 17.7 Å². The molecule has 1 rings (SSSR count). The molecule has 0 aromatic carbocycles. The molecule has 13 heavy (non-hydrogen) atoms. The standard InChI is InChI=1S/C7H13N5O/c1-4(2)3-9-6(13)5-10-7(8)12-11-5/h4H,3H2,1-2H3,(H,9,13)(H3,8,10,11,12). The molecule has 0 saturated heterocycles. The maximum absolute atomic E-state index is 11.3. The fourth-order valence-electron chi connectivity index (χ4n) is 0.757. The summed E-state index contributed by atoms with van der Waals surface area (Å²) in [4.78, 5) is 14.9. The van der Waals surface area contributed by atoms with Crippen LogP contribution in [0.5, 0.6) is 0 Å². The van der Waals surface area contributed by atoms with E-state index in [0.717, 1.165) is 0 Å². The quantitative estimate of drug-likeness (QED) is 0.603. The second-order valence-corrected chi connectivity index (χ2v) is 3.15. The van der Waals surface area contributed by atoms with Crippen molar-refractivity contribution in [1.29, 1.82) is 0 Å². The molecule has 0 bridgehead atoms. The highest BCUT2D eigenvalue weighted by molar-refractivity contribution is 5.90. The predicted octanol–water partition coefficient (Wildman–Crippen LogP) is -0.227. The first kappa shape index (κ1) is 9.50. The molecule has 72 valence electrons. The number of H-pyrrole nitrogens is 1. The molecular formula is C7H13N5O. The molecule has 0 atom stereocenters. The van der Waals surface area contributed by atoms with Gasteiger partial charge in [0.25, 0.3) is 5.91 Å². The van der Waals surface area contributed by atoms with Crippen LogP contribution in [0.4, 0.5) is 5.95 Å². The van der Waals surface area contributed by atoms with Crippen molar-refractivity contribution in [3.05, 3.63) is 5.82 Å². The number of nitrogens with two attached hydrogens (primary N) is 1. The van der Waals surface area contributed by atoms with Gasteiger partial charge in [-0.2, -0.15) is 4.98 Å². The minimum absolute atomic E-state index is 0.0784. The summed E-state index contributed by atoms with van der Waals surface area (Å²) >= 11 is 0. The second-order valence-electron chi connectivity index (χ2n) is 3.15. The maximum Gasteiger partial charge on any atom is 0.288 e. The lowest BCUT2D eigenvalue weighted by Crippen LogP contribution is -2.28. The van der Waals surface area contributed by atoms with Crippen molar-refractivity contribution in [3.8, 4) is 0 Å². The number of hydrogen-bond acceptors (Lipinski definition) is 4. The summed E-state index contributed by atoms with van der Waals surface area (Å²) in [6.07, 6.45) is 0. The first-order chi connectivity index (χ1) is 6.09. The molecule has 1 aromatic heterocycles. The molecule has 0 aliphatic rings. The number of amides is 1. The zero-order chi connectivity index (χ0) is 9.84. The number of anilines is 1. The number of carbonyl (C=O) groups is 1. The van der Waals surface area contributed by atoms with E-state index in [1.54, 1.807) is 0 Å². The number of nitrogens with zero attached hydrogens (tertiary/aromatic N) is 2. The number of rotatable bonds is 3. The minimum atomic E-state index is -0.280. The van der Waals surface area contributed by atoms with Crippen molar-refractivity contribution in [2.45, 2.75) is 13.8 Å². The average molecular weight is 183 g/mol. The normalized spacial score (nSPS) is 10.4. The fraction of sp³-hybridized carbons (Fsp3) is 0.571. The molecule has 6 heteroatoms. The molecule has 4 N–H and O–H groups in total. The Morgan fingerprint density at radius 3 is 2.85 bits per heavy atom. The Balaban J connectivity index is 2.49. The van der Waals surface area contributed by atoms with Gasteiger partial charge in [-0.05, 0) is 5.92 Å². The Morgan fingerprint density at radius 1 is 1.69 bits per heavy atom. The number of carbonyl (C=O) groups excluding carboxylic acids is 1. The monoisotopic (exact) mass is 183 g/mol. The van der Waals surface area contributed by atoms with E-state index in [9.17, 15) is 4.79 Å². The average Bonchev–Trinajstić information content (AvgIpc) is 2.47. The Kier molecular flexibility index (Phi) is 2.84. The summed E-state index contributed by atoms with van der Waals surface area (Å²) in [6, 6.07) is 0. The van der Waals surface area contributed by atoms with Crippen molar-refractivity contribution in [2.75, 3.05) is 12.3 Å². The maximum atomic E-state index is 11.3. The van der Waals surface area contributed by atoms with Gasteiger partial charge < -0.3 is 11.1 Å². The highest BCUT2D eigenvalue weighted by Crippen LogP contribution is 1.93. The molecule has 1 aromatic rings. The number of nitrogen functional groups attached to an aromatic ring is 1. The highest BCUT2D eigenvalue weighted by Gasteiger charge is 2.09. The van der Waals surface area contributed by atoms with Crippen LogP contribution in [0, 0.1) is 5.92 Å². The molecule has 0 fully saturated rings. The van der Waals surface area contributed by atoms with Crippen molar-refractivity contribution in [2.24, 2.45) is 5.92 Å². The minimum Gasteiger partial charge on any atom is -0.366 e. The molecule has 1 amide bonds. The van der Waals surface area contributed by atoms with Crippen LogP contribution in [0.3, 0.4) is 0 Å². The summed E-state index contributed by atoms with van der Waals surface area (Å²) in [5.74, 6) is 0.356. The Labute approximate surface area is 75.9 Å². The van der Waals surface area contributed by atoms with Gasteiger partial charge in [0, 0.05) is 6.54 Å². The Hall–Kier alpha value is -1.59. The third-order valence-corrected chi connectivity index (χ3v) is 1.39. The molecular weight excluding hydrogens is 170 g/mol. The van der Waals surface area contributed by atoms with Crippen molar-refractivity contribution < 1.29 is 4.79 Å². The van der Waals surface area contributed by atoms with Gasteiger partial charge in [-0.1, -0.05) is 13.8 Å². The predicted molar refractivity (Wildman–Crippen MR) is 48.0 cm³/mol. The van der Waals surface area contributed by atoms with Gasteiger partial charge in [-0.15, -0.1) is 5.10 Å². The molecule has 0 spiro atoms. The van der Waals surface area contributed by atoms with E-state index >= 15 is 0 Å². The lowest BCUT2D eigenvalue weighted by atomic mass is 10.2. The first-order valence-electron chi connectivity index (χ1n) is 4.05. The SMILES string of the molecule is CC(C)CNC(=O)c1nc(N)n[nH]1. The largest absolute Gasteiger partial charge is 0.366 e. The van der Waals surface area contributed by atoms with Crippen LogP contribution in [-0.4, -0.2) is 27.6 Å². The van der Waals surface area contributed by atoms with Crippen LogP contribution < -0.4 is 11.1 Å². The number of aromatic amines is 1. The van der Waals surface area contributed by atoms with Crippen molar-refractivity contribution >= 4 is 11.9 Å². The zero-order valence-electron chi connectivity index (χ0n) is 7.66. The van der Waals surface area contributed by atoms with Gasteiger partial charge in [0.05, 0.1) is 0 Å². The van der Waals surface area contributed by atoms with Crippen LogP contribution in [0.2, 0.25) is 0 Å². The summed E-state index contributed by atoms with van der Waals surface area (Å²) < 4.78 is 0. The topological polar surface area (TPSA) is 96.7 Å². The Bertz CT molecular complexity index is 293. The van der Waals surface area contributed by atoms with Crippen molar-refractivity contribution in [1.82, 2.24) is 20.5 Å². The lowest BCUT2D eigenvalue weighted by molar-refractivity contribution is 0.0939. The zero-order valence-corrected chi connectivity index (χ0v) is 7.66. The van der Waals surface area contributed by atoms with Gasteiger partial charge in [0.1, 0.15) is 0 Å². The van der Waals surface area contributed by atoms with E-state index in [2.05, 4.69) is 20.5 Å². The van der Waals surface area contributed by atoms with E-state index in [0.29, 0.717) is 12.5 Å². The van der Waals surface area contributed by atoms with Crippen molar-refractivity contribution in [3.63, 3.8) is 0 Å².